The average Bonchev–Trinajstić information content (AvgIpc) is 3.55. The number of hydrogen-bond acceptors (Lipinski definition) is 6. The second-order valence-corrected chi connectivity index (χ2v) is 13.7. The van der Waals surface area contributed by atoms with E-state index in [1.54, 1.807) is 54.6 Å². The van der Waals surface area contributed by atoms with Crippen molar-refractivity contribution in [2.24, 2.45) is 0 Å². The van der Waals surface area contributed by atoms with Crippen LogP contribution in [0, 0.1) is 0 Å². The first kappa shape index (κ1) is 34.9. The summed E-state index contributed by atoms with van der Waals surface area (Å²) in [5.41, 5.74) is 1.10. The third kappa shape index (κ3) is 9.30. The Bertz CT molecular complexity index is 1760. The summed E-state index contributed by atoms with van der Waals surface area (Å²) < 4.78 is 29.7. The van der Waals surface area contributed by atoms with Crippen LogP contribution in [0.1, 0.15) is 53.0 Å². The van der Waals surface area contributed by atoms with Crippen molar-refractivity contribution >= 4 is 73.8 Å². The number of carboxylic acids is 1. The van der Waals surface area contributed by atoms with E-state index in [-0.39, 0.29) is 32.6 Å². The highest BCUT2D eigenvalue weighted by Gasteiger charge is 2.26. The second-order valence-electron chi connectivity index (χ2n) is 10.3. The topological polar surface area (TPSA) is 154 Å². The molecular weight excluding hydrogens is 671 g/mol. The summed E-state index contributed by atoms with van der Waals surface area (Å²) in [6, 6.07) is 18.1. The minimum absolute atomic E-state index is 0.00391. The number of carbonyl (C=O) groups excluding carboxylic acids is 2. The van der Waals surface area contributed by atoms with Crippen LogP contribution in [0.15, 0.2) is 89.1 Å². The molecule has 242 valence electrons. The molecular formula is C32H32Cl2N4O6S2. The summed E-state index contributed by atoms with van der Waals surface area (Å²) in [4.78, 5) is 38.4. The molecule has 14 heteroatoms. The summed E-state index contributed by atoms with van der Waals surface area (Å²) >= 11 is 13.7. The molecule has 0 aliphatic carbocycles. The lowest BCUT2D eigenvalue weighted by molar-refractivity contribution is -0.139. The SMILES string of the molecule is CCCCC(NS(=O)(=O)c1ccccc1NC(=O)N[C@@H](Cc1ccc(NC(=O)c2c(Cl)cccc2Cl)cc1)C(=O)O)c1cccs1. The van der Waals surface area contributed by atoms with Gasteiger partial charge in [0, 0.05) is 17.0 Å². The Morgan fingerprint density at radius 2 is 1.59 bits per heavy atom. The number of unbranched alkanes of at least 4 members (excludes halogenated alkanes) is 1. The molecule has 3 aromatic carbocycles. The fourth-order valence-electron chi connectivity index (χ4n) is 4.60. The Morgan fingerprint density at radius 3 is 2.22 bits per heavy atom. The summed E-state index contributed by atoms with van der Waals surface area (Å²) in [6.07, 6.45) is 2.23. The van der Waals surface area contributed by atoms with E-state index in [1.807, 2.05) is 24.4 Å². The van der Waals surface area contributed by atoms with Gasteiger partial charge in [-0.3, -0.25) is 4.79 Å². The van der Waals surface area contributed by atoms with Crippen molar-refractivity contribution < 1.29 is 27.9 Å². The molecule has 0 saturated carbocycles. The lowest BCUT2D eigenvalue weighted by Crippen LogP contribution is -2.44. The fraction of sp³-hybridized carbons (Fsp3) is 0.219. The van der Waals surface area contributed by atoms with Crippen LogP contribution in [0.25, 0.3) is 0 Å². The first-order valence-corrected chi connectivity index (χ1v) is 17.4. The van der Waals surface area contributed by atoms with Crippen LogP contribution in [0.2, 0.25) is 10.0 Å². The molecule has 4 aromatic rings. The maximum Gasteiger partial charge on any atom is 0.326 e. The lowest BCUT2D eigenvalue weighted by atomic mass is 10.1. The molecule has 1 aromatic heterocycles. The van der Waals surface area contributed by atoms with E-state index in [4.69, 9.17) is 23.2 Å². The second kappa shape index (κ2) is 16.1. The number of para-hydroxylation sites is 1. The van der Waals surface area contributed by atoms with Gasteiger partial charge in [0.1, 0.15) is 10.9 Å². The van der Waals surface area contributed by atoms with Crippen LogP contribution in [0.4, 0.5) is 16.2 Å². The molecule has 0 radical (unpaired) electrons. The van der Waals surface area contributed by atoms with Crippen molar-refractivity contribution in [1.82, 2.24) is 10.0 Å². The maximum absolute atomic E-state index is 13.5. The van der Waals surface area contributed by atoms with E-state index in [0.29, 0.717) is 17.7 Å². The summed E-state index contributed by atoms with van der Waals surface area (Å²) in [6.45, 7) is 2.02. The Morgan fingerprint density at radius 1 is 0.891 bits per heavy atom. The van der Waals surface area contributed by atoms with E-state index in [1.165, 1.54) is 23.5 Å². The van der Waals surface area contributed by atoms with Gasteiger partial charge in [-0.2, -0.15) is 0 Å². The van der Waals surface area contributed by atoms with Crippen LogP contribution in [0.5, 0.6) is 0 Å². The number of halogens is 2. The highest BCUT2D eigenvalue weighted by atomic mass is 35.5. The van der Waals surface area contributed by atoms with E-state index >= 15 is 0 Å². The molecule has 1 unspecified atom stereocenters. The largest absolute Gasteiger partial charge is 0.480 e. The number of carboxylic acid groups (broad SMARTS) is 1. The normalized spacial score (nSPS) is 12.6. The number of aliphatic carboxylic acids is 1. The van der Waals surface area contributed by atoms with Gasteiger partial charge >= 0.3 is 12.0 Å². The van der Waals surface area contributed by atoms with Crippen molar-refractivity contribution in [3.05, 3.63) is 110 Å². The Hall–Kier alpha value is -3.94. The molecule has 0 saturated heterocycles. The number of thiophene rings is 1. The molecule has 46 heavy (non-hydrogen) atoms. The van der Waals surface area contributed by atoms with E-state index in [9.17, 15) is 27.9 Å². The number of benzene rings is 3. The van der Waals surface area contributed by atoms with E-state index in [2.05, 4.69) is 20.7 Å². The van der Waals surface area contributed by atoms with Gasteiger partial charge in [-0.1, -0.05) is 79.4 Å². The number of urea groups is 1. The summed E-state index contributed by atoms with van der Waals surface area (Å²) in [5.74, 6) is -1.80. The van der Waals surface area contributed by atoms with Gasteiger partial charge < -0.3 is 21.1 Å². The van der Waals surface area contributed by atoms with Crippen molar-refractivity contribution in [3.8, 4) is 0 Å². The molecule has 1 heterocycles. The first-order valence-electron chi connectivity index (χ1n) is 14.3. The van der Waals surface area contributed by atoms with Crippen LogP contribution >= 0.6 is 34.5 Å². The third-order valence-corrected chi connectivity index (χ3v) is 10.0. The predicted octanol–water partition coefficient (Wildman–Crippen LogP) is 7.33. The van der Waals surface area contributed by atoms with Gasteiger partial charge in [0.25, 0.3) is 5.91 Å². The Labute approximate surface area is 281 Å². The summed E-state index contributed by atoms with van der Waals surface area (Å²) in [5, 5.41) is 19.7. The Kier molecular flexibility index (Phi) is 12.2. The zero-order valence-electron chi connectivity index (χ0n) is 24.6. The molecule has 0 fully saturated rings. The van der Waals surface area contributed by atoms with Crippen LogP contribution in [-0.4, -0.2) is 37.5 Å². The van der Waals surface area contributed by atoms with Gasteiger partial charge in [0.15, 0.2) is 0 Å². The smallest absolute Gasteiger partial charge is 0.326 e. The van der Waals surface area contributed by atoms with Gasteiger partial charge in [0.05, 0.1) is 27.3 Å². The quantitative estimate of drug-likeness (QED) is 0.0927. The van der Waals surface area contributed by atoms with Gasteiger partial charge in [-0.15, -0.1) is 11.3 Å². The number of sulfonamides is 1. The third-order valence-electron chi connectivity index (χ3n) is 6.90. The molecule has 0 aliphatic rings. The van der Waals surface area contributed by atoms with Crippen molar-refractivity contribution in [2.45, 2.75) is 49.6 Å². The van der Waals surface area contributed by atoms with Gasteiger partial charge in [0.2, 0.25) is 10.0 Å². The predicted molar refractivity (Wildman–Crippen MR) is 181 cm³/mol. The number of nitrogens with one attached hydrogen (secondary N) is 4. The fourth-order valence-corrected chi connectivity index (χ4v) is 7.47. The van der Waals surface area contributed by atoms with Crippen molar-refractivity contribution in [2.75, 3.05) is 10.6 Å². The van der Waals surface area contributed by atoms with E-state index in [0.717, 1.165) is 17.7 Å². The summed E-state index contributed by atoms with van der Waals surface area (Å²) in [7, 11) is -4.07. The Balaban J connectivity index is 1.42. The van der Waals surface area contributed by atoms with Gasteiger partial charge in [-0.05, 0) is 59.8 Å². The van der Waals surface area contributed by atoms with Gasteiger partial charge in [-0.25, -0.2) is 22.7 Å². The highest BCUT2D eigenvalue weighted by molar-refractivity contribution is 7.89. The standard InChI is InChI=1S/C32H32Cl2N4O6S2/c1-2-3-10-24(27-12-7-18-45-27)38-46(43,44)28-13-5-4-11-25(28)36-32(42)37-26(31(40)41)19-20-14-16-21(17-15-20)35-30(39)29-22(33)8-6-9-23(29)34/h4-9,11-18,24,26,38H,2-3,10,19H2,1H3,(H,35,39)(H,40,41)(H2,36,37,42)/t24?,26-/m0/s1. The molecule has 0 spiro atoms. The van der Waals surface area contributed by atoms with Crippen LogP contribution in [-0.2, 0) is 21.2 Å². The number of anilines is 2. The number of amides is 3. The lowest BCUT2D eigenvalue weighted by Gasteiger charge is -2.20. The van der Waals surface area contributed by atoms with Crippen LogP contribution < -0.4 is 20.7 Å². The minimum atomic E-state index is -4.07. The number of rotatable bonds is 14. The highest BCUT2D eigenvalue weighted by Crippen LogP contribution is 2.29. The number of hydrogen-bond donors (Lipinski definition) is 5. The molecule has 5 N–H and O–H groups in total. The zero-order valence-corrected chi connectivity index (χ0v) is 27.8. The van der Waals surface area contributed by atoms with E-state index < -0.39 is 40.0 Å². The molecule has 2 atom stereocenters. The molecule has 3 amide bonds. The first-order chi connectivity index (χ1) is 22.0. The maximum atomic E-state index is 13.5. The zero-order chi connectivity index (χ0) is 33.3. The molecule has 0 bridgehead atoms. The monoisotopic (exact) mass is 702 g/mol. The molecule has 4 rings (SSSR count). The number of carbonyl (C=O) groups is 3. The minimum Gasteiger partial charge on any atom is -0.480 e. The van der Waals surface area contributed by atoms with Crippen molar-refractivity contribution in [1.29, 1.82) is 0 Å². The van der Waals surface area contributed by atoms with Crippen molar-refractivity contribution in [3.63, 3.8) is 0 Å². The average molecular weight is 704 g/mol. The van der Waals surface area contributed by atoms with Crippen LogP contribution in [0.3, 0.4) is 0 Å². The molecule has 10 nitrogen and oxygen atoms in total. The molecule has 0 aliphatic heterocycles.